The van der Waals surface area contributed by atoms with E-state index in [1.807, 2.05) is 0 Å². The zero-order chi connectivity index (χ0) is 12.2. The molecule has 0 saturated carbocycles. The third-order valence-corrected chi connectivity index (χ3v) is 1.62. The quantitative estimate of drug-likeness (QED) is 0.666. The number of nitrogens with zero attached hydrogens (tertiary/aromatic N) is 3. The minimum Gasteiger partial charge on any atom is -0.347 e. The first-order valence-corrected chi connectivity index (χ1v) is 4.93. The molecule has 19 heavy (non-hydrogen) atoms. The first-order valence-electron chi connectivity index (χ1n) is 4.93. The second-order valence-electron chi connectivity index (χ2n) is 2.84. The van der Waals surface area contributed by atoms with Crippen molar-refractivity contribution >= 4 is 24.8 Å². The molecule has 0 amide bonds. The van der Waals surface area contributed by atoms with Crippen molar-refractivity contribution in [2.24, 2.45) is 10.4 Å². The fraction of sp³-hybridized carbons (Fsp3) is 0. The van der Waals surface area contributed by atoms with Gasteiger partial charge in [-0.3, -0.25) is 0 Å². The molecule has 0 atom stereocenters. The number of allylic oxidation sites excluding steroid dienone is 10. The number of rotatable bonds is 0. The lowest BCUT2D eigenvalue weighted by atomic mass is 10.2. The van der Waals surface area contributed by atoms with Crippen molar-refractivity contribution in [3.8, 4) is 6.07 Å². The zero-order valence-corrected chi connectivity index (χ0v) is 11.6. The van der Waals surface area contributed by atoms with Gasteiger partial charge in [-0.25, -0.2) is 0 Å². The van der Waals surface area contributed by atoms with Crippen molar-refractivity contribution in [2.45, 2.75) is 0 Å². The fourth-order valence-corrected chi connectivity index (χ4v) is 0.891. The van der Waals surface area contributed by atoms with Crippen molar-refractivity contribution < 1.29 is 4.84 Å². The van der Waals surface area contributed by atoms with Crippen molar-refractivity contribution in [2.75, 3.05) is 0 Å². The van der Waals surface area contributed by atoms with Gasteiger partial charge < -0.3 is 4.84 Å². The standard InChI is InChI=1S/C13H11N3O.2ClH/c14-12-13-8-4-1-2-7-11-17-16-15-10-6-3-5-9-13;;/h1-11H;2*1H/b2-1-,5-3-,8-4-,10-6-,11-7-,13-9+,16-15?;;. The summed E-state index contributed by atoms with van der Waals surface area (Å²) in [4.78, 5) is 4.71. The largest absolute Gasteiger partial charge is 0.347 e. The van der Waals surface area contributed by atoms with Crippen LogP contribution in [0.2, 0.25) is 0 Å². The van der Waals surface area contributed by atoms with E-state index in [2.05, 4.69) is 16.5 Å². The van der Waals surface area contributed by atoms with E-state index in [4.69, 9.17) is 10.1 Å². The summed E-state index contributed by atoms with van der Waals surface area (Å²) in [5.41, 5.74) is 0.566. The molecule has 0 radical (unpaired) electrons. The molecule has 6 heteroatoms. The first-order chi connectivity index (χ1) is 8.43. The van der Waals surface area contributed by atoms with Crippen molar-refractivity contribution in [3.05, 3.63) is 72.7 Å². The molecular weight excluding hydrogens is 285 g/mol. The monoisotopic (exact) mass is 297 g/mol. The molecule has 0 spiro atoms. The van der Waals surface area contributed by atoms with E-state index in [1.165, 1.54) is 12.5 Å². The van der Waals surface area contributed by atoms with Crippen LogP contribution in [0.5, 0.6) is 0 Å². The number of hydrogen-bond donors (Lipinski definition) is 0. The van der Waals surface area contributed by atoms with Crippen LogP contribution in [-0.4, -0.2) is 0 Å². The summed E-state index contributed by atoms with van der Waals surface area (Å²) in [6.07, 6.45) is 18.5. The maximum atomic E-state index is 8.83. The predicted molar refractivity (Wildman–Crippen MR) is 79.8 cm³/mol. The van der Waals surface area contributed by atoms with Gasteiger partial charge in [-0.2, -0.15) is 5.26 Å². The summed E-state index contributed by atoms with van der Waals surface area (Å²) in [6.45, 7) is 0. The third-order valence-electron chi connectivity index (χ3n) is 1.62. The SMILES string of the molecule is Cl.Cl.N#CC1=C/C=C\C=C/N=NO/C=C\C=C/C=C\1. The molecule has 4 nitrogen and oxygen atoms in total. The van der Waals surface area contributed by atoms with Crippen molar-refractivity contribution in [1.29, 1.82) is 5.26 Å². The van der Waals surface area contributed by atoms with Gasteiger partial charge in [0.25, 0.3) is 0 Å². The van der Waals surface area contributed by atoms with Gasteiger partial charge >= 0.3 is 0 Å². The summed E-state index contributed by atoms with van der Waals surface area (Å²) in [5, 5.41) is 15.9. The highest BCUT2D eigenvalue weighted by Gasteiger charge is 1.83. The van der Waals surface area contributed by atoms with Crippen LogP contribution in [0.3, 0.4) is 0 Å². The summed E-state index contributed by atoms with van der Waals surface area (Å²) in [7, 11) is 0. The third kappa shape index (κ3) is 10.8. The van der Waals surface area contributed by atoms with Crippen molar-refractivity contribution in [3.63, 3.8) is 0 Å². The maximum absolute atomic E-state index is 8.83. The molecule has 0 aliphatic carbocycles. The molecule has 0 fully saturated rings. The minimum absolute atomic E-state index is 0. The molecule has 1 heterocycles. The van der Waals surface area contributed by atoms with Crippen LogP contribution in [0, 0.1) is 11.3 Å². The molecule has 0 saturated heterocycles. The Hall–Kier alpha value is -2.09. The topological polar surface area (TPSA) is 57.7 Å². The molecule has 1 aliphatic rings. The smallest absolute Gasteiger partial charge is 0.124 e. The molecule has 0 aromatic heterocycles. The summed E-state index contributed by atoms with van der Waals surface area (Å²) in [6, 6.07) is 2.08. The number of halogens is 2. The highest BCUT2D eigenvalue weighted by Crippen LogP contribution is 1.97. The van der Waals surface area contributed by atoms with Gasteiger partial charge in [0.05, 0.1) is 17.8 Å². The highest BCUT2D eigenvalue weighted by molar-refractivity contribution is 5.85. The lowest BCUT2D eigenvalue weighted by Gasteiger charge is -1.82. The van der Waals surface area contributed by atoms with Crippen LogP contribution in [0.1, 0.15) is 0 Å². The second-order valence-corrected chi connectivity index (χ2v) is 2.84. The summed E-state index contributed by atoms with van der Waals surface area (Å²) in [5.74, 6) is 0. The van der Waals surface area contributed by atoms with Crippen LogP contribution in [0.4, 0.5) is 0 Å². The van der Waals surface area contributed by atoms with Crippen LogP contribution < -0.4 is 0 Å². The van der Waals surface area contributed by atoms with E-state index < -0.39 is 0 Å². The molecule has 0 bridgehead atoms. The second kappa shape index (κ2) is 14.0. The predicted octanol–water partition coefficient (Wildman–Crippen LogP) is 4.37. The highest BCUT2D eigenvalue weighted by atomic mass is 35.5. The molecule has 0 N–H and O–H groups in total. The van der Waals surface area contributed by atoms with Crippen LogP contribution in [-0.2, 0) is 4.84 Å². The van der Waals surface area contributed by atoms with E-state index in [9.17, 15) is 0 Å². The molecule has 1 aliphatic heterocycles. The maximum Gasteiger partial charge on any atom is 0.124 e. The average Bonchev–Trinajstić information content (AvgIpc) is 2.36. The van der Waals surface area contributed by atoms with E-state index in [0.29, 0.717) is 5.57 Å². The molecular formula is C13H13Cl2N3O. The number of hydrogen-bond acceptors (Lipinski definition) is 4. The number of nitriles is 1. The molecule has 1 rings (SSSR count). The van der Waals surface area contributed by atoms with Gasteiger partial charge in [0.1, 0.15) is 6.26 Å². The van der Waals surface area contributed by atoms with Crippen LogP contribution >= 0.6 is 24.8 Å². The summed E-state index contributed by atoms with van der Waals surface area (Å²) < 4.78 is 0. The normalized spacial score (nSPS) is 25.1. The van der Waals surface area contributed by atoms with Gasteiger partial charge in [0.2, 0.25) is 0 Å². The Balaban J connectivity index is 0. The Morgan fingerprint density at radius 3 is 2.47 bits per heavy atom. The minimum atomic E-state index is 0. The Labute approximate surface area is 124 Å². The lowest BCUT2D eigenvalue weighted by molar-refractivity contribution is 0.242. The molecule has 0 unspecified atom stereocenters. The fourth-order valence-electron chi connectivity index (χ4n) is 0.891. The van der Waals surface area contributed by atoms with E-state index in [1.54, 1.807) is 54.7 Å². The van der Waals surface area contributed by atoms with Gasteiger partial charge in [-0.05, 0) is 24.3 Å². The molecule has 100 valence electrons. The van der Waals surface area contributed by atoms with E-state index >= 15 is 0 Å². The first kappa shape index (κ1) is 19.3. The summed E-state index contributed by atoms with van der Waals surface area (Å²) >= 11 is 0. The Morgan fingerprint density at radius 1 is 0.947 bits per heavy atom. The van der Waals surface area contributed by atoms with Crippen LogP contribution in [0.15, 0.2) is 83.1 Å². The average molecular weight is 298 g/mol. The van der Waals surface area contributed by atoms with Gasteiger partial charge in [-0.15, -0.1) is 29.9 Å². The molecule has 0 aromatic carbocycles. The Morgan fingerprint density at radius 2 is 1.68 bits per heavy atom. The van der Waals surface area contributed by atoms with E-state index in [-0.39, 0.29) is 24.8 Å². The van der Waals surface area contributed by atoms with Gasteiger partial charge in [0, 0.05) is 5.28 Å². The lowest BCUT2D eigenvalue weighted by Crippen LogP contribution is -1.68. The van der Waals surface area contributed by atoms with Gasteiger partial charge in [-0.1, -0.05) is 30.4 Å². The van der Waals surface area contributed by atoms with E-state index in [0.717, 1.165) is 0 Å². The van der Waals surface area contributed by atoms with Crippen molar-refractivity contribution in [1.82, 2.24) is 0 Å². The molecule has 0 aromatic rings. The van der Waals surface area contributed by atoms with Gasteiger partial charge in [0.15, 0.2) is 0 Å². The zero-order valence-electron chi connectivity index (χ0n) is 9.92. The Bertz CT molecular complexity index is 481. The Kier molecular flexibility index (Phi) is 14.2. The van der Waals surface area contributed by atoms with Crippen LogP contribution in [0.25, 0.3) is 0 Å².